The van der Waals surface area contributed by atoms with E-state index in [1.54, 1.807) is 11.8 Å². The van der Waals surface area contributed by atoms with Crippen LogP contribution in [-0.2, 0) is 19.1 Å². The van der Waals surface area contributed by atoms with Crippen LogP contribution in [0.2, 0.25) is 0 Å². The van der Waals surface area contributed by atoms with Gasteiger partial charge < -0.3 is 20.3 Å². The van der Waals surface area contributed by atoms with Gasteiger partial charge in [-0.3, -0.25) is 14.4 Å². The van der Waals surface area contributed by atoms with Crippen LogP contribution in [0.4, 0.5) is 0 Å². The summed E-state index contributed by atoms with van der Waals surface area (Å²) in [5.74, 6) is 1.24. The Labute approximate surface area is 332 Å². The van der Waals surface area contributed by atoms with Gasteiger partial charge in [-0.2, -0.15) is 11.8 Å². The van der Waals surface area contributed by atoms with E-state index < -0.39 is 6.04 Å². The van der Waals surface area contributed by atoms with Gasteiger partial charge in [-0.05, 0) is 64.4 Å². The van der Waals surface area contributed by atoms with E-state index in [1.165, 1.54) is 122 Å². The maximum Gasteiger partial charge on any atom is 0.306 e. The van der Waals surface area contributed by atoms with Gasteiger partial charge in [0.25, 0.3) is 0 Å². The van der Waals surface area contributed by atoms with E-state index in [0.29, 0.717) is 25.2 Å². The van der Waals surface area contributed by atoms with E-state index in [9.17, 15) is 14.4 Å². The predicted molar refractivity (Wildman–Crippen MR) is 229 cm³/mol. The molecule has 0 bridgehead atoms. The molecule has 8 heteroatoms. The van der Waals surface area contributed by atoms with Crippen LogP contribution in [0, 0.1) is 5.92 Å². The van der Waals surface area contributed by atoms with E-state index >= 15 is 0 Å². The Morgan fingerprint density at radius 1 is 0.604 bits per heavy atom. The monoisotopic (exact) mass is 766 g/mol. The van der Waals surface area contributed by atoms with E-state index in [0.717, 1.165) is 76.6 Å². The summed E-state index contributed by atoms with van der Waals surface area (Å²) in [5.41, 5.74) is 0. The van der Waals surface area contributed by atoms with Gasteiger partial charge in [-0.25, -0.2) is 0 Å². The molecule has 1 fully saturated rings. The van der Waals surface area contributed by atoms with E-state index in [2.05, 4.69) is 43.4 Å². The largest absolute Gasteiger partial charge is 0.466 e. The van der Waals surface area contributed by atoms with Crippen LogP contribution in [0.3, 0.4) is 0 Å². The highest BCUT2D eigenvalue weighted by atomic mass is 32.2. The fourth-order valence-corrected chi connectivity index (χ4v) is 8.34. The van der Waals surface area contributed by atoms with E-state index in [4.69, 9.17) is 4.74 Å². The number of carbonyl (C=O) groups is 3. The minimum atomic E-state index is -0.537. The Morgan fingerprint density at radius 2 is 1.06 bits per heavy atom. The first kappa shape index (κ1) is 49.7. The summed E-state index contributed by atoms with van der Waals surface area (Å²) in [5, 5.41) is 6.49. The summed E-state index contributed by atoms with van der Waals surface area (Å²) in [4.78, 5) is 42.0. The number of nitrogens with zero attached hydrogens (tertiary/aromatic N) is 1. The highest BCUT2D eigenvalue weighted by molar-refractivity contribution is 7.99. The Balaban J connectivity index is 2.40. The van der Waals surface area contributed by atoms with Crippen LogP contribution in [0.15, 0.2) is 0 Å². The molecule has 0 radical (unpaired) electrons. The quantitative estimate of drug-likeness (QED) is 0.0484. The van der Waals surface area contributed by atoms with Crippen LogP contribution in [0.1, 0.15) is 213 Å². The minimum absolute atomic E-state index is 0.0289. The average Bonchev–Trinajstić information content (AvgIpc) is 3.15. The molecule has 312 valence electrons. The van der Waals surface area contributed by atoms with Crippen molar-refractivity contribution in [3.8, 4) is 0 Å². The van der Waals surface area contributed by atoms with Crippen LogP contribution in [-0.4, -0.2) is 73.0 Å². The van der Waals surface area contributed by atoms with Crippen molar-refractivity contribution in [2.45, 2.75) is 225 Å². The highest BCUT2D eigenvalue weighted by Crippen LogP contribution is 2.21. The number of hydrogen-bond acceptors (Lipinski definition) is 6. The van der Waals surface area contributed by atoms with Crippen molar-refractivity contribution in [1.82, 2.24) is 15.5 Å². The molecule has 7 nitrogen and oxygen atoms in total. The Morgan fingerprint density at radius 3 is 1.57 bits per heavy atom. The second-order valence-electron chi connectivity index (χ2n) is 16.2. The first-order valence-electron chi connectivity index (χ1n) is 22.9. The zero-order valence-electron chi connectivity index (χ0n) is 35.5. The average molecular weight is 766 g/mol. The van der Waals surface area contributed by atoms with Crippen LogP contribution < -0.4 is 10.6 Å². The zero-order chi connectivity index (χ0) is 38.6. The fraction of sp³-hybridized carbons (Fsp3) is 0.933. The summed E-state index contributed by atoms with van der Waals surface area (Å²) in [7, 11) is 2.12. The molecular formula is C45H87N3O4S. The van der Waals surface area contributed by atoms with Gasteiger partial charge in [0, 0.05) is 17.7 Å². The molecule has 2 amide bonds. The third-order valence-electron chi connectivity index (χ3n) is 11.1. The number of carbonyl (C=O) groups excluding carboxylic acids is 3. The Hall–Kier alpha value is -1.28. The number of likely N-dealkylation sites (tertiary alicyclic amines) is 1. The molecule has 2 N–H and O–H groups in total. The molecule has 2 unspecified atom stereocenters. The van der Waals surface area contributed by atoms with Crippen LogP contribution in [0.25, 0.3) is 0 Å². The topological polar surface area (TPSA) is 87.7 Å². The van der Waals surface area contributed by atoms with Crippen molar-refractivity contribution >= 4 is 29.5 Å². The van der Waals surface area contributed by atoms with Crippen molar-refractivity contribution in [3.63, 3.8) is 0 Å². The zero-order valence-corrected chi connectivity index (χ0v) is 36.3. The summed E-state index contributed by atoms with van der Waals surface area (Å²) < 4.78 is 5.52. The second-order valence-corrected chi connectivity index (χ2v) is 17.4. The Bertz CT molecular complexity index is 867. The molecule has 0 saturated carbocycles. The second kappa shape index (κ2) is 36.4. The minimum Gasteiger partial charge on any atom is -0.466 e. The summed E-state index contributed by atoms with van der Waals surface area (Å²) in [6.45, 7) is 9.21. The smallest absolute Gasteiger partial charge is 0.306 e. The standard InChI is InChI=1S/C45H87N3O4S/c1-5-8-11-14-16-17-18-19-20-21-22-23-25-28-37-52-43(49)34-39-53-38-33-42(45(51)46-41-31-35-48(4)36-32-41)47-44(50)40(29-26-13-10-7-3)30-27-24-15-12-9-6-2/h40-42H,5-39H2,1-4H3,(H,46,51)(H,47,50). The molecule has 1 saturated heterocycles. The number of rotatable bonds is 37. The molecule has 0 aliphatic carbocycles. The lowest BCUT2D eigenvalue weighted by molar-refractivity contribution is -0.143. The molecule has 1 aliphatic heterocycles. The molecule has 0 aromatic carbocycles. The fourth-order valence-electron chi connectivity index (χ4n) is 7.42. The molecular weight excluding hydrogens is 679 g/mol. The maximum atomic E-state index is 13.7. The van der Waals surface area contributed by atoms with Crippen molar-refractivity contribution in [3.05, 3.63) is 0 Å². The highest BCUT2D eigenvalue weighted by Gasteiger charge is 2.27. The van der Waals surface area contributed by atoms with E-state index in [1.807, 2.05) is 0 Å². The lowest BCUT2D eigenvalue weighted by Gasteiger charge is -2.31. The number of amides is 2. The maximum absolute atomic E-state index is 13.7. The number of nitrogens with one attached hydrogen (secondary N) is 2. The van der Waals surface area contributed by atoms with Gasteiger partial charge >= 0.3 is 5.97 Å². The van der Waals surface area contributed by atoms with Crippen LogP contribution >= 0.6 is 11.8 Å². The van der Waals surface area contributed by atoms with Crippen molar-refractivity contribution < 1.29 is 19.1 Å². The number of ether oxygens (including phenoxy) is 1. The number of esters is 1. The van der Waals surface area contributed by atoms with Gasteiger partial charge in [0.15, 0.2) is 0 Å². The van der Waals surface area contributed by atoms with Crippen molar-refractivity contribution in [1.29, 1.82) is 0 Å². The van der Waals surface area contributed by atoms with Gasteiger partial charge in [0.05, 0.1) is 13.0 Å². The number of hydrogen-bond donors (Lipinski definition) is 2. The summed E-state index contributed by atoms with van der Waals surface area (Å²) in [6, 6.07) is -0.377. The SMILES string of the molecule is CCCCCCCCCCCCCCCCOC(=O)CCSCCC(NC(=O)C(CCCCCC)CCCCCCCC)C(=O)NC1CCN(C)CC1. The first-order chi connectivity index (χ1) is 25.9. The number of thioether (sulfide) groups is 1. The number of piperidine rings is 1. The molecule has 1 heterocycles. The Kier molecular flexibility index (Phi) is 34.1. The molecule has 1 aliphatic rings. The van der Waals surface area contributed by atoms with Crippen LogP contribution in [0.5, 0.6) is 0 Å². The molecule has 1 rings (SSSR count). The van der Waals surface area contributed by atoms with Gasteiger partial charge in [-0.1, -0.05) is 168 Å². The normalized spacial score (nSPS) is 14.9. The third kappa shape index (κ3) is 29.7. The lowest BCUT2D eigenvalue weighted by Crippen LogP contribution is -2.53. The molecule has 53 heavy (non-hydrogen) atoms. The lowest BCUT2D eigenvalue weighted by atomic mass is 9.93. The number of unbranched alkanes of at least 4 members (excludes halogenated alkanes) is 21. The van der Waals surface area contributed by atoms with Gasteiger partial charge in [0.2, 0.25) is 11.8 Å². The first-order valence-corrected chi connectivity index (χ1v) is 24.1. The third-order valence-corrected chi connectivity index (χ3v) is 12.2. The van der Waals surface area contributed by atoms with Gasteiger partial charge in [-0.15, -0.1) is 0 Å². The summed E-state index contributed by atoms with van der Waals surface area (Å²) >= 11 is 1.68. The van der Waals surface area contributed by atoms with Crippen molar-refractivity contribution in [2.24, 2.45) is 5.92 Å². The van der Waals surface area contributed by atoms with Gasteiger partial charge in [0.1, 0.15) is 6.04 Å². The molecule has 2 atom stereocenters. The molecule has 0 aromatic rings. The van der Waals surface area contributed by atoms with E-state index in [-0.39, 0.29) is 29.7 Å². The predicted octanol–water partition coefficient (Wildman–Crippen LogP) is 11.6. The summed E-state index contributed by atoms with van der Waals surface area (Å²) in [6.07, 6.45) is 35.0. The molecule has 0 spiro atoms. The van der Waals surface area contributed by atoms with Crippen molar-refractivity contribution in [2.75, 3.05) is 38.2 Å². The molecule has 0 aromatic heterocycles.